The maximum absolute atomic E-state index is 12.8. The van der Waals surface area contributed by atoms with Gasteiger partial charge >= 0.3 is 0 Å². The Morgan fingerprint density at radius 3 is 2.90 bits per heavy atom. The topological polar surface area (TPSA) is 79.4 Å². The normalized spacial score (nSPS) is 17.0. The molecule has 1 amide bonds. The van der Waals surface area contributed by atoms with E-state index in [0.717, 1.165) is 53.6 Å². The molecule has 0 saturated carbocycles. The molecule has 1 N–H and O–H groups in total. The Bertz CT molecular complexity index is 1040. The maximum Gasteiger partial charge on any atom is 0.249 e. The van der Waals surface area contributed by atoms with Crippen molar-refractivity contribution in [2.75, 3.05) is 6.54 Å². The summed E-state index contributed by atoms with van der Waals surface area (Å²) in [6.07, 6.45) is 8.72. The molecule has 0 radical (unpaired) electrons. The number of allylic oxidation sites excluding steroid dienone is 1. The summed E-state index contributed by atoms with van der Waals surface area (Å²) in [5.74, 6) is 0.135. The molecule has 0 aromatic carbocycles. The highest BCUT2D eigenvalue weighted by atomic mass is 32.2. The molecule has 2 aromatic heterocycles. The van der Waals surface area contributed by atoms with E-state index in [1.165, 1.54) is 11.3 Å². The molecule has 0 spiro atoms. The molecule has 29 heavy (non-hydrogen) atoms. The van der Waals surface area contributed by atoms with Crippen molar-refractivity contribution in [3.05, 3.63) is 57.1 Å². The number of amides is 1. The largest absolute Gasteiger partial charge is 0.334 e. The van der Waals surface area contributed by atoms with Gasteiger partial charge in [-0.05, 0) is 67.2 Å². The van der Waals surface area contributed by atoms with Gasteiger partial charge in [0, 0.05) is 42.5 Å². The van der Waals surface area contributed by atoms with E-state index in [1.807, 2.05) is 18.0 Å². The van der Waals surface area contributed by atoms with Gasteiger partial charge in [0.2, 0.25) is 15.9 Å². The van der Waals surface area contributed by atoms with Gasteiger partial charge in [0.15, 0.2) is 0 Å². The summed E-state index contributed by atoms with van der Waals surface area (Å²) in [5, 5.41) is 3.37. The van der Waals surface area contributed by atoms with Crippen LogP contribution in [0.3, 0.4) is 0 Å². The zero-order valence-electron chi connectivity index (χ0n) is 16.5. The average molecular weight is 432 g/mol. The zero-order chi connectivity index (χ0) is 20.4. The van der Waals surface area contributed by atoms with Crippen LogP contribution in [0.15, 0.2) is 39.6 Å². The number of aryl methyl sites for hydroxylation is 1. The Hall–Kier alpha value is -2.03. The van der Waals surface area contributed by atoms with Gasteiger partial charge in [-0.3, -0.25) is 9.78 Å². The molecule has 6 nitrogen and oxygen atoms in total. The van der Waals surface area contributed by atoms with E-state index < -0.39 is 10.0 Å². The van der Waals surface area contributed by atoms with E-state index in [-0.39, 0.29) is 17.3 Å². The maximum atomic E-state index is 12.8. The number of hydrogen-bond donors (Lipinski definition) is 1. The summed E-state index contributed by atoms with van der Waals surface area (Å²) in [6, 6.07) is 1.60. The SMILES string of the molecule is Cc1ncc2c(c1CNS(=O)(=O)c1ccsc1)CCN(C(=O)C1=CCCCC1)C2. The highest BCUT2D eigenvalue weighted by Gasteiger charge is 2.26. The molecule has 1 aliphatic carbocycles. The van der Waals surface area contributed by atoms with Crippen molar-refractivity contribution in [3.63, 3.8) is 0 Å². The lowest BCUT2D eigenvalue weighted by Crippen LogP contribution is -2.38. The average Bonchev–Trinajstić information content (AvgIpc) is 3.29. The molecular weight excluding hydrogens is 406 g/mol. The highest BCUT2D eigenvalue weighted by molar-refractivity contribution is 7.89. The number of thiophene rings is 1. The molecule has 0 saturated heterocycles. The third kappa shape index (κ3) is 4.29. The fourth-order valence-electron chi connectivity index (χ4n) is 4.02. The second-order valence-corrected chi connectivity index (χ2v) is 10.1. The van der Waals surface area contributed by atoms with Crippen LogP contribution in [0.25, 0.3) is 0 Å². The van der Waals surface area contributed by atoms with Crippen molar-refractivity contribution in [1.29, 1.82) is 0 Å². The van der Waals surface area contributed by atoms with Crippen molar-refractivity contribution in [1.82, 2.24) is 14.6 Å². The first-order valence-electron chi connectivity index (χ1n) is 9.92. The molecule has 4 rings (SSSR count). The third-order valence-electron chi connectivity index (χ3n) is 5.69. The van der Waals surface area contributed by atoms with E-state index in [2.05, 4.69) is 15.8 Å². The molecule has 8 heteroatoms. The molecule has 0 fully saturated rings. The fourth-order valence-corrected chi connectivity index (χ4v) is 6.04. The van der Waals surface area contributed by atoms with E-state index in [9.17, 15) is 13.2 Å². The van der Waals surface area contributed by atoms with Gasteiger partial charge < -0.3 is 4.90 Å². The number of sulfonamides is 1. The van der Waals surface area contributed by atoms with Gasteiger partial charge in [0.05, 0.1) is 4.90 Å². The Labute approximate surface area is 175 Å². The van der Waals surface area contributed by atoms with Crippen molar-refractivity contribution in [3.8, 4) is 0 Å². The Morgan fingerprint density at radius 1 is 1.31 bits per heavy atom. The van der Waals surface area contributed by atoms with Crippen LogP contribution in [0.4, 0.5) is 0 Å². The first kappa shape index (κ1) is 20.3. The van der Waals surface area contributed by atoms with E-state index in [1.54, 1.807) is 16.8 Å². The van der Waals surface area contributed by atoms with Crippen LogP contribution in [0.1, 0.15) is 48.1 Å². The van der Waals surface area contributed by atoms with Crippen LogP contribution in [0, 0.1) is 6.92 Å². The van der Waals surface area contributed by atoms with Crippen molar-refractivity contribution in [2.24, 2.45) is 0 Å². The van der Waals surface area contributed by atoms with Crippen molar-refractivity contribution in [2.45, 2.75) is 57.0 Å². The van der Waals surface area contributed by atoms with E-state index in [4.69, 9.17) is 0 Å². The summed E-state index contributed by atoms with van der Waals surface area (Å²) in [6.45, 7) is 3.29. The fraction of sp³-hybridized carbons (Fsp3) is 0.429. The quantitative estimate of drug-likeness (QED) is 0.788. The van der Waals surface area contributed by atoms with Crippen LogP contribution >= 0.6 is 11.3 Å². The zero-order valence-corrected chi connectivity index (χ0v) is 18.1. The lowest BCUT2D eigenvalue weighted by molar-refractivity contribution is -0.128. The molecule has 154 valence electrons. The summed E-state index contributed by atoms with van der Waals surface area (Å²) in [4.78, 5) is 19.5. The molecule has 0 atom stereocenters. The lowest BCUT2D eigenvalue weighted by atomic mass is 9.93. The number of carbonyl (C=O) groups is 1. The number of rotatable bonds is 5. The number of nitrogens with zero attached hydrogens (tertiary/aromatic N) is 2. The second-order valence-electron chi connectivity index (χ2n) is 7.56. The van der Waals surface area contributed by atoms with Crippen molar-refractivity contribution < 1.29 is 13.2 Å². The smallest absolute Gasteiger partial charge is 0.249 e. The molecule has 3 heterocycles. The van der Waals surface area contributed by atoms with Crippen LogP contribution in [-0.4, -0.2) is 30.8 Å². The van der Waals surface area contributed by atoms with Crippen LogP contribution in [-0.2, 0) is 34.3 Å². The van der Waals surface area contributed by atoms with Gasteiger partial charge in [-0.15, -0.1) is 0 Å². The molecule has 2 aliphatic rings. The lowest BCUT2D eigenvalue weighted by Gasteiger charge is -2.31. The van der Waals surface area contributed by atoms with Gasteiger partial charge in [0.1, 0.15) is 0 Å². The third-order valence-corrected chi connectivity index (χ3v) is 7.92. The van der Waals surface area contributed by atoms with Crippen LogP contribution in [0.2, 0.25) is 0 Å². The number of nitrogens with one attached hydrogen (secondary N) is 1. The Morgan fingerprint density at radius 2 is 2.17 bits per heavy atom. The van der Waals surface area contributed by atoms with E-state index >= 15 is 0 Å². The summed E-state index contributed by atoms with van der Waals surface area (Å²) >= 11 is 1.36. The number of hydrogen-bond acceptors (Lipinski definition) is 5. The van der Waals surface area contributed by atoms with Gasteiger partial charge in [-0.25, -0.2) is 13.1 Å². The number of carbonyl (C=O) groups excluding carboxylic acids is 1. The molecule has 0 bridgehead atoms. The summed E-state index contributed by atoms with van der Waals surface area (Å²) in [7, 11) is -3.54. The first-order chi connectivity index (χ1) is 14.0. The number of aromatic nitrogens is 1. The van der Waals surface area contributed by atoms with E-state index in [0.29, 0.717) is 19.5 Å². The minimum absolute atomic E-state index is 0.135. The second kappa shape index (κ2) is 8.38. The highest BCUT2D eigenvalue weighted by Crippen LogP contribution is 2.27. The molecular formula is C21H25N3O3S2. The molecule has 0 unspecified atom stereocenters. The van der Waals surface area contributed by atoms with Crippen molar-refractivity contribution >= 4 is 27.3 Å². The first-order valence-corrected chi connectivity index (χ1v) is 12.3. The monoisotopic (exact) mass is 431 g/mol. The Balaban J connectivity index is 1.52. The summed E-state index contributed by atoms with van der Waals surface area (Å²) < 4.78 is 27.7. The van der Waals surface area contributed by atoms with Gasteiger partial charge in [-0.1, -0.05) is 6.08 Å². The number of fused-ring (bicyclic) bond motifs is 1. The van der Waals surface area contributed by atoms with Crippen LogP contribution < -0.4 is 4.72 Å². The standard InChI is InChI=1S/C21H25N3O3S2/c1-15-20(12-23-29(26,27)18-8-10-28-14-18)19-7-9-24(13-17(19)11-22-15)21(25)16-5-3-2-4-6-16/h5,8,10-11,14,23H,2-4,6-7,9,12-13H2,1H3. The molecule has 2 aromatic rings. The summed E-state index contributed by atoms with van der Waals surface area (Å²) in [5.41, 5.74) is 4.81. The minimum Gasteiger partial charge on any atom is -0.334 e. The minimum atomic E-state index is -3.54. The Kier molecular flexibility index (Phi) is 5.85. The van der Waals surface area contributed by atoms with Crippen LogP contribution in [0.5, 0.6) is 0 Å². The molecule has 1 aliphatic heterocycles. The van der Waals surface area contributed by atoms with Gasteiger partial charge in [0.25, 0.3) is 0 Å². The predicted molar refractivity (Wildman–Crippen MR) is 113 cm³/mol. The number of pyridine rings is 1. The predicted octanol–water partition coefficient (Wildman–Crippen LogP) is 3.32. The van der Waals surface area contributed by atoms with Gasteiger partial charge in [-0.2, -0.15) is 11.3 Å².